The van der Waals surface area contributed by atoms with Crippen LogP contribution in [-0.4, -0.2) is 35.4 Å². The van der Waals surface area contributed by atoms with Crippen LogP contribution in [0.2, 0.25) is 0 Å². The largest absolute Gasteiger partial charge is 0.490 e. The summed E-state index contributed by atoms with van der Waals surface area (Å²) in [5, 5.41) is 0. The number of aryl methyl sites for hydroxylation is 1. The maximum absolute atomic E-state index is 12.0. The Bertz CT molecular complexity index is 846. The number of benzene rings is 2. The predicted molar refractivity (Wildman–Crippen MR) is 110 cm³/mol. The quantitative estimate of drug-likeness (QED) is 0.421. The first-order chi connectivity index (χ1) is 12.5. The molecule has 0 bridgehead atoms. The molecule has 6 heteroatoms. The van der Waals surface area contributed by atoms with Crippen molar-refractivity contribution in [3.05, 3.63) is 64.6 Å². The lowest BCUT2D eigenvalue weighted by Gasteiger charge is -2.09. The van der Waals surface area contributed by atoms with E-state index in [1.807, 2.05) is 61.5 Å². The van der Waals surface area contributed by atoms with E-state index in [0.717, 1.165) is 17.1 Å². The summed E-state index contributed by atoms with van der Waals surface area (Å²) < 4.78 is 11.9. The molecule has 2 aromatic rings. The van der Waals surface area contributed by atoms with Crippen LogP contribution in [0.1, 0.15) is 11.1 Å². The molecule has 1 amide bonds. The zero-order valence-electron chi connectivity index (χ0n) is 14.6. The third-order valence-electron chi connectivity index (χ3n) is 3.77. The van der Waals surface area contributed by atoms with Crippen LogP contribution in [0, 0.1) is 6.92 Å². The Labute approximate surface area is 162 Å². The van der Waals surface area contributed by atoms with Crippen LogP contribution >= 0.6 is 24.0 Å². The van der Waals surface area contributed by atoms with Crippen molar-refractivity contribution in [2.45, 2.75) is 6.92 Å². The Morgan fingerprint density at radius 1 is 1.08 bits per heavy atom. The number of hydrogen-bond donors (Lipinski definition) is 0. The van der Waals surface area contributed by atoms with Gasteiger partial charge >= 0.3 is 0 Å². The predicted octanol–water partition coefficient (Wildman–Crippen LogP) is 4.28. The van der Waals surface area contributed by atoms with Gasteiger partial charge in [-0.1, -0.05) is 48.2 Å². The molecule has 26 heavy (non-hydrogen) atoms. The van der Waals surface area contributed by atoms with E-state index < -0.39 is 0 Å². The summed E-state index contributed by atoms with van der Waals surface area (Å²) in [7, 11) is 1.69. The van der Waals surface area contributed by atoms with E-state index in [4.69, 9.17) is 21.7 Å². The van der Waals surface area contributed by atoms with Crippen LogP contribution in [-0.2, 0) is 4.79 Å². The number of rotatable bonds is 6. The SMILES string of the molecule is Cc1cccc(OCCOc2ccc(C=C3SC(=S)N(C)C3=O)cc2)c1. The van der Waals surface area contributed by atoms with Gasteiger partial charge in [0, 0.05) is 7.05 Å². The summed E-state index contributed by atoms with van der Waals surface area (Å²) in [6.07, 6.45) is 1.84. The van der Waals surface area contributed by atoms with Gasteiger partial charge < -0.3 is 9.47 Å². The number of likely N-dealkylation sites (N-methyl/N-ethyl adjacent to an activating group) is 1. The third kappa shape index (κ3) is 4.65. The molecule has 0 aromatic heterocycles. The number of ether oxygens (including phenoxy) is 2. The highest BCUT2D eigenvalue weighted by atomic mass is 32.2. The van der Waals surface area contributed by atoms with Crippen molar-refractivity contribution in [3.63, 3.8) is 0 Å². The van der Waals surface area contributed by atoms with Gasteiger partial charge in [-0.05, 0) is 48.4 Å². The molecule has 3 rings (SSSR count). The number of thioether (sulfide) groups is 1. The van der Waals surface area contributed by atoms with E-state index in [9.17, 15) is 4.79 Å². The monoisotopic (exact) mass is 385 g/mol. The van der Waals surface area contributed by atoms with Gasteiger partial charge in [-0.15, -0.1) is 0 Å². The number of thiocarbonyl (C=S) groups is 1. The summed E-state index contributed by atoms with van der Waals surface area (Å²) in [5.41, 5.74) is 2.10. The standard InChI is InChI=1S/C20H19NO3S2/c1-14-4-3-5-17(12-14)24-11-10-23-16-8-6-15(7-9-16)13-18-19(22)21(2)20(25)26-18/h3-9,12-13H,10-11H2,1-2H3. The zero-order valence-corrected chi connectivity index (χ0v) is 16.2. The Morgan fingerprint density at radius 3 is 2.38 bits per heavy atom. The Balaban J connectivity index is 1.50. The van der Waals surface area contributed by atoms with Gasteiger partial charge in [0.1, 0.15) is 29.0 Å². The average molecular weight is 386 g/mol. The molecule has 0 N–H and O–H groups in total. The summed E-state index contributed by atoms with van der Waals surface area (Å²) in [4.78, 5) is 14.1. The molecule has 0 unspecified atom stereocenters. The van der Waals surface area contributed by atoms with Crippen molar-refractivity contribution in [2.24, 2.45) is 0 Å². The average Bonchev–Trinajstić information content (AvgIpc) is 2.87. The first kappa shape index (κ1) is 18.5. The lowest BCUT2D eigenvalue weighted by molar-refractivity contribution is -0.121. The Morgan fingerprint density at radius 2 is 1.77 bits per heavy atom. The normalized spacial score (nSPS) is 15.6. The van der Waals surface area contributed by atoms with E-state index in [1.54, 1.807) is 7.05 Å². The van der Waals surface area contributed by atoms with Crippen molar-refractivity contribution < 1.29 is 14.3 Å². The first-order valence-corrected chi connectivity index (χ1v) is 9.39. The van der Waals surface area contributed by atoms with E-state index in [1.165, 1.54) is 22.2 Å². The summed E-state index contributed by atoms with van der Waals surface area (Å²) >= 11 is 6.45. The fraction of sp³-hybridized carbons (Fsp3) is 0.200. The fourth-order valence-electron chi connectivity index (χ4n) is 2.38. The van der Waals surface area contributed by atoms with Crippen molar-refractivity contribution in [3.8, 4) is 11.5 Å². The second-order valence-corrected chi connectivity index (χ2v) is 7.50. The van der Waals surface area contributed by atoms with Crippen LogP contribution in [0.5, 0.6) is 11.5 Å². The molecular weight excluding hydrogens is 366 g/mol. The Kier molecular flexibility index (Phi) is 5.96. The van der Waals surface area contributed by atoms with E-state index in [2.05, 4.69) is 0 Å². The number of hydrogen-bond acceptors (Lipinski definition) is 5. The van der Waals surface area contributed by atoms with Crippen molar-refractivity contribution >= 4 is 40.3 Å². The zero-order chi connectivity index (χ0) is 18.5. The Hall–Kier alpha value is -2.31. The summed E-state index contributed by atoms with van der Waals surface area (Å²) in [6, 6.07) is 15.5. The molecule has 1 aliphatic heterocycles. The molecule has 1 fully saturated rings. The fourth-order valence-corrected chi connectivity index (χ4v) is 3.56. The highest BCUT2D eigenvalue weighted by Crippen LogP contribution is 2.31. The lowest BCUT2D eigenvalue weighted by Crippen LogP contribution is -2.22. The molecule has 0 aliphatic carbocycles. The molecule has 134 valence electrons. The van der Waals surface area contributed by atoms with E-state index in [0.29, 0.717) is 22.4 Å². The molecule has 1 saturated heterocycles. The molecule has 2 aromatic carbocycles. The van der Waals surface area contributed by atoms with Gasteiger partial charge in [-0.3, -0.25) is 9.69 Å². The first-order valence-electron chi connectivity index (χ1n) is 8.17. The third-order valence-corrected chi connectivity index (χ3v) is 5.26. The molecule has 1 aliphatic rings. The molecule has 0 radical (unpaired) electrons. The molecule has 0 spiro atoms. The smallest absolute Gasteiger partial charge is 0.265 e. The van der Waals surface area contributed by atoms with Gasteiger partial charge in [0.2, 0.25) is 0 Å². The minimum atomic E-state index is -0.0615. The second-order valence-electron chi connectivity index (χ2n) is 5.82. The van der Waals surface area contributed by atoms with Gasteiger partial charge in [-0.25, -0.2) is 0 Å². The second kappa shape index (κ2) is 8.38. The minimum Gasteiger partial charge on any atom is -0.490 e. The number of nitrogens with zero attached hydrogens (tertiary/aromatic N) is 1. The van der Waals surface area contributed by atoms with Gasteiger partial charge in [0.15, 0.2) is 0 Å². The van der Waals surface area contributed by atoms with Crippen molar-refractivity contribution in [1.29, 1.82) is 0 Å². The van der Waals surface area contributed by atoms with Crippen molar-refractivity contribution in [2.75, 3.05) is 20.3 Å². The molecule has 1 heterocycles. The van der Waals surface area contributed by atoms with Crippen LogP contribution in [0.25, 0.3) is 6.08 Å². The van der Waals surface area contributed by atoms with Crippen LogP contribution in [0.4, 0.5) is 0 Å². The molecule has 0 saturated carbocycles. The number of amides is 1. The van der Waals surface area contributed by atoms with Gasteiger partial charge in [-0.2, -0.15) is 0 Å². The highest BCUT2D eigenvalue weighted by molar-refractivity contribution is 8.26. The maximum Gasteiger partial charge on any atom is 0.265 e. The van der Waals surface area contributed by atoms with Gasteiger partial charge in [0.05, 0.1) is 4.91 Å². The van der Waals surface area contributed by atoms with Gasteiger partial charge in [0.25, 0.3) is 5.91 Å². The summed E-state index contributed by atoms with van der Waals surface area (Å²) in [5.74, 6) is 1.55. The van der Waals surface area contributed by atoms with E-state index in [-0.39, 0.29) is 5.91 Å². The number of carbonyl (C=O) groups is 1. The molecule has 0 atom stereocenters. The number of carbonyl (C=O) groups excluding carboxylic acids is 1. The van der Waals surface area contributed by atoms with Crippen LogP contribution in [0.3, 0.4) is 0 Å². The van der Waals surface area contributed by atoms with Crippen molar-refractivity contribution in [1.82, 2.24) is 4.90 Å². The topological polar surface area (TPSA) is 38.8 Å². The maximum atomic E-state index is 12.0. The summed E-state index contributed by atoms with van der Waals surface area (Å²) in [6.45, 7) is 2.97. The lowest BCUT2D eigenvalue weighted by atomic mass is 10.2. The minimum absolute atomic E-state index is 0.0615. The molecule has 4 nitrogen and oxygen atoms in total. The van der Waals surface area contributed by atoms with Crippen LogP contribution in [0.15, 0.2) is 53.4 Å². The van der Waals surface area contributed by atoms with E-state index >= 15 is 0 Å². The highest BCUT2D eigenvalue weighted by Gasteiger charge is 2.28. The molecular formula is C20H19NO3S2. The van der Waals surface area contributed by atoms with Crippen LogP contribution < -0.4 is 9.47 Å².